The molecule has 1 fully saturated rings. The number of nitrogens with one attached hydrogen (secondary N) is 1. The van der Waals surface area contributed by atoms with Crippen molar-refractivity contribution in [2.75, 3.05) is 31.1 Å². The highest BCUT2D eigenvalue weighted by atomic mass is 16.5. The van der Waals surface area contributed by atoms with Crippen LogP contribution in [-0.4, -0.2) is 53.9 Å². The van der Waals surface area contributed by atoms with E-state index in [2.05, 4.69) is 11.0 Å². The van der Waals surface area contributed by atoms with E-state index < -0.39 is 5.91 Å². The predicted molar refractivity (Wildman–Crippen MR) is 119 cm³/mol. The molecule has 1 aromatic rings. The Morgan fingerprint density at radius 1 is 1.13 bits per heavy atom. The molecule has 0 aromatic heterocycles. The monoisotopic (exact) mass is 423 g/mol. The topological polar surface area (TPSA) is 90.0 Å². The fourth-order valence-electron chi connectivity index (χ4n) is 3.80. The summed E-state index contributed by atoms with van der Waals surface area (Å²) in [6.45, 7) is 4.65. The minimum atomic E-state index is -0.543. The van der Waals surface area contributed by atoms with Gasteiger partial charge >= 0.3 is 0 Å². The van der Waals surface area contributed by atoms with Gasteiger partial charge in [-0.25, -0.2) is 5.48 Å². The quantitative estimate of drug-likeness (QED) is 0.305. The maximum atomic E-state index is 12.6. The summed E-state index contributed by atoms with van der Waals surface area (Å²) in [7, 11) is 0. The zero-order chi connectivity index (χ0) is 22.2. The number of hydroxylamine groups is 1. The fraction of sp³-hybridized carbons (Fsp3) is 0.375. The van der Waals surface area contributed by atoms with Crippen LogP contribution in [-0.2, 0) is 9.59 Å². The predicted octanol–water partition coefficient (Wildman–Crippen LogP) is 2.88. The number of carbonyl (C=O) groups is 3. The van der Waals surface area contributed by atoms with Gasteiger partial charge in [0.2, 0.25) is 5.91 Å². The van der Waals surface area contributed by atoms with E-state index >= 15 is 0 Å². The summed E-state index contributed by atoms with van der Waals surface area (Å²) in [6, 6.07) is 7.73. The van der Waals surface area contributed by atoms with Crippen LogP contribution in [0, 0.1) is 5.92 Å². The van der Waals surface area contributed by atoms with Crippen molar-refractivity contribution in [3.8, 4) is 0 Å². The molecule has 31 heavy (non-hydrogen) atoms. The molecule has 0 spiro atoms. The lowest BCUT2D eigenvalue weighted by atomic mass is 9.93. The van der Waals surface area contributed by atoms with Crippen LogP contribution >= 0.6 is 0 Å². The Morgan fingerprint density at radius 3 is 2.42 bits per heavy atom. The molecule has 7 nitrogen and oxygen atoms in total. The number of anilines is 1. The first kappa shape index (κ1) is 22.5. The number of carbonyl (C=O) groups excluding carboxylic acids is 3. The largest absolute Gasteiger partial charge is 0.368 e. The maximum absolute atomic E-state index is 12.6. The molecule has 1 aromatic carbocycles. The number of piperazine rings is 1. The van der Waals surface area contributed by atoms with E-state index in [4.69, 9.17) is 5.21 Å². The Hall–Kier alpha value is -3.19. The van der Waals surface area contributed by atoms with Gasteiger partial charge in [-0.3, -0.25) is 19.6 Å². The van der Waals surface area contributed by atoms with Crippen molar-refractivity contribution >= 4 is 23.3 Å². The molecule has 2 aliphatic rings. The minimum absolute atomic E-state index is 0.113. The van der Waals surface area contributed by atoms with Crippen molar-refractivity contribution < 1.29 is 19.6 Å². The number of ketones is 1. The first-order valence-corrected chi connectivity index (χ1v) is 10.6. The van der Waals surface area contributed by atoms with Crippen molar-refractivity contribution in [3.63, 3.8) is 0 Å². The number of nitrogens with zero attached hydrogens (tertiary/aromatic N) is 2. The molecule has 1 atom stereocenters. The van der Waals surface area contributed by atoms with Crippen LogP contribution in [0.4, 0.5) is 5.69 Å². The third-order valence-electron chi connectivity index (χ3n) is 5.73. The lowest BCUT2D eigenvalue weighted by Crippen LogP contribution is -2.48. The second-order valence-electron chi connectivity index (χ2n) is 7.84. The van der Waals surface area contributed by atoms with Gasteiger partial charge in [0, 0.05) is 56.9 Å². The van der Waals surface area contributed by atoms with E-state index in [1.165, 1.54) is 6.08 Å². The Labute approximate surface area is 182 Å². The molecule has 0 saturated carbocycles. The fourth-order valence-corrected chi connectivity index (χ4v) is 3.80. The van der Waals surface area contributed by atoms with E-state index in [1.807, 2.05) is 41.3 Å². The van der Waals surface area contributed by atoms with Crippen LogP contribution in [0.1, 0.15) is 36.5 Å². The second-order valence-corrected chi connectivity index (χ2v) is 7.84. The molecule has 1 aliphatic heterocycles. The average molecular weight is 424 g/mol. The molecule has 7 heteroatoms. The van der Waals surface area contributed by atoms with E-state index in [1.54, 1.807) is 18.5 Å². The van der Waals surface area contributed by atoms with Crippen molar-refractivity contribution in [2.24, 2.45) is 5.92 Å². The molecule has 1 aliphatic carbocycles. The number of hydrogen-bond acceptors (Lipinski definition) is 5. The number of hydrogen-bond donors (Lipinski definition) is 2. The molecule has 3 rings (SSSR count). The third-order valence-corrected chi connectivity index (χ3v) is 5.73. The van der Waals surface area contributed by atoms with Crippen molar-refractivity contribution in [2.45, 2.75) is 26.2 Å². The molecule has 0 radical (unpaired) electrons. The number of benzene rings is 1. The van der Waals surface area contributed by atoms with E-state index in [9.17, 15) is 14.4 Å². The standard InChI is InChI=1S/C24H29N3O4/c1-18(28)26-14-16-27(17-15-26)22-10-8-21(9-11-22)23(29)12-6-19-2-4-20(5-3-19)7-13-24(30)25-31/h2-4,7-11,13,20,31H,5-6,12,14-17H2,1H3,(H,25,30)/b13-7+. The number of rotatable bonds is 7. The Bertz CT molecular complexity index is 894. The molecule has 1 heterocycles. The highest BCUT2D eigenvalue weighted by Crippen LogP contribution is 2.22. The van der Waals surface area contributed by atoms with Gasteiger partial charge in [-0.05, 0) is 43.0 Å². The first-order valence-electron chi connectivity index (χ1n) is 10.6. The molecule has 2 N–H and O–H groups in total. The molecule has 1 saturated heterocycles. The molecule has 1 unspecified atom stereocenters. The molecule has 0 bridgehead atoms. The number of Topliss-reactive ketones (excluding diaryl/α,β-unsaturated/α-hetero) is 1. The number of amides is 2. The van der Waals surface area contributed by atoms with Gasteiger partial charge in [0.25, 0.3) is 5.91 Å². The summed E-state index contributed by atoms with van der Waals surface area (Å²) in [5, 5.41) is 8.50. The van der Waals surface area contributed by atoms with Gasteiger partial charge < -0.3 is 9.80 Å². The summed E-state index contributed by atoms with van der Waals surface area (Å²) in [5.41, 5.74) is 4.47. The van der Waals surface area contributed by atoms with Crippen molar-refractivity contribution in [3.05, 3.63) is 65.8 Å². The lowest BCUT2D eigenvalue weighted by molar-refractivity contribution is -0.129. The summed E-state index contributed by atoms with van der Waals surface area (Å²) in [6.07, 6.45) is 11.0. The zero-order valence-electron chi connectivity index (χ0n) is 17.8. The summed E-state index contributed by atoms with van der Waals surface area (Å²) >= 11 is 0. The second kappa shape index (κ2) is 10.7. The Balaban J connectivity index is 1.46. The summed E-state index contributed by atoms with van der Waals surface area (Å²) in [4.78, 5) is 39.2. The van der Waals surface area contributed by atoms with Crippen molar-refractivity contribution in [1.29, 1.82) is 0 Å². The number of allylic oxidation sites excluding steroid dienone is 5. The smallest absolute Gasteiger partial charge is 0.267 e. The van der Waals surface area contributed by atoms with E-state index in [0.29, 0.717) is 18.4 Å². The maximum Gasteiger partial charge on any atom is 0.267 e. The van der Waals surface area contributed by atoms with Crippen LogP contribution in [0.25, 0.3) is 0 Å². The van der Waals surface area contributed by atoms with E-state index in [0.717, 1.165) is 43.9 Å². The zero-order valence-corrected chi connectivity index (χ0v) is 17.8. The summed E-state index contributed by atoms with van der Waals surface area (Å²) in [5.74, 6) is -0.201. The third kappa shape index (κ3) is 6.39. The van der Waals surface area contributed by atoms with E-state index in [-0.39, 0.29) is 17.6 Å². The van der Waals surface area contributed by atoms with Crippen LogP contribution in [0.5, 0.6) is 0 Å². The average Bonchev–Trinajstić information content (AvgIpc) is 2.81. The van der Waals surface area contributed by atoms with Gasteiger partial charge in [0.05, 0.1) is 0 Å². The Kier molecular flexibility index (Phi) is 7.78. The van der Waals surface area contributed by atoms with Gasteiger partial charge in [-0.1, -0.05) is 29.9 Å². The normalized spacial score (nSPS) is 18.8. The van der Waals surface area contributed by atoms with Gasteiger partial charge in [0.15, 0.2) is 5.78 Å². The van der Waals surface area contributed by atoms with Crippen LogP contribution in [0.2, 0.25) is 0 Å². The summed E-state index contributed by atoms with van der Waals surface area (Å²) < 4.78 is 0. The van der Waals surface area contributed by atoms with Crippen molar-refractivity contribution in [1.82, 2.24) is 10.4 Å². The van der Waals surface area contributed by atoms with Gasteiger partial charge in [0.1, 0.15) is 0 Å². The molecular formula is C24H29N3O4. The van der Waals surface area contributed by atoms with Crippen LogP contribution in [0.3, 0.4) is 0 Å². The lowest BCUT2D eigenvalue weighted by Gasteiger charge is -2.35. The molecule has 164 valence electrons. The highest BCUT2D eigenvalue weighted by molar-refractivity contribution is 5.96. The van der Waals surface area contributed by atoms with Gasteiger partial charge in [-0.15, -0.1) is 0 Å². The molecule has 2 amide bonds. The van der Waals surface area contributed by atoms with Gasteiger partial charge in [-0.2, -0.15) is 0 Å². The SMILES string of the molecule is CC(=O)N1CCN(c2ccc(C(=O)CCC3=CCC(/C=C/C(=O)NO)C=C3)cc2)CC1. The molecular weight excluding hydrogens is 394 g/mol. The Morgan fingerprint density at radius 2 is 1.84 bits per heavy atom. The van der Waals surface area contributed by atoms with Crippen LogP contribution in [0.15, 0.2) is 60.2 Å². The minimum Gasteiger partial charge on any atom is -0.368 e. The first-order chi connectivity index (χ1) is 15.0. The van der Waals surface area contributed by atoms with Crippen LogP contribution < -0.4 is 10.4 Å². The highest BCUT2D eigenvalue weighted by Gasteiger charge is 2.19.